The molecule has 4 aliphatic heterocycles. The summed E-state index contributed by atoms with van der Waals surface area (Å²) in [5.74, 6) is -0.0493. The number of aliphatic imine (C=N–C) groups is 2. The Morgan fingerprint density at radius 2 is 1.29 bits per heavy atom. The third-order valence-electron chi connectivity index (χ3n) is 7.78. The average Bonchev–Trinajstić information content (AvgIpc) is 3.60. The Labute approximate surface area is 297 Å². The van der Waals surface area contributed by atoms with Gasteiger partial charge in [0.25, 0.3) is 0 Å². The lowest BCUT2D eigenvalue weighted by Gasteiger charge is -2.42. The molecule has 1 unspecified atom stereocenters. The molecular weight excluding hydrogens is 681 g/mol. The Morgan fingerprint density at radius 1 is 0.857 bits per heavy atom. The van der Waals surface area contributed by atoms with Gasteiger partial charge in [-0.1, -0.05) is 36.5 Å². The van der Waals surface area contributed by atoms with E-state index in [0.717, 1.165) is 11.8 Å². The summed E-state index contributed by atoms with van der Waals surface area (Å²) in [5.41, 5.74) is -2.11. The van der Waals surface area contributed by atoms with Gasteiger partial charge in [-0.25, -0.2) is 9.59 Å². The molecule has 49 heavy (non-hydrogen) atoms. The molecule has 0 aromatic heterocycles. The number of thioether (sulfide) groups is 2. The second kappa shape index (κ2) is 16.6. The van der Waals surface area contributed by atoms with Gasteiger partial charge >= 0.3 is 12.2 Å². The zero-order valence-electron chi connectivity index (χ0n) is 30.2. The number of aliphatic hydroxyl groups excluding tert-OH is 4. The van der Waals surface area contributed by atoms with E-state index in [0.29, 0.717) is 16.9 Å². The standard InChI is InChI=1S/C18H30N2O5S.C14H24N2O6S/c1-8-9-23-14-10(2)13(11(3)21)24-15-12(14)19-16(26-15)20(7)17(22)25-18(4,5)6;1-6(17)10-9(19)8(18)7-11(21-10)23-12(15-7)16(5)13(20)22-14(2,3)4/h8,10-15,21H,1,9H2,2-7H3;6-11,17-19H,1-5H3/t10-,11?,12-,13+,14+,15-;6-,7+,8+,9-,10+,11+/m10/s1. The van der Waals surface area contributed by atoms with Crippen molar-refractivity contribution < 1.29 is 53.7 Å². The summed E-state index contributed by atoms with van der Waals surface area (Å²) in [7, 11) is 3.15. The summed E-state index contributed by atoms with van der Waals surface area (Å²) >= 11 is 2.51. The Hall–Kier alpha value is -1.96. The third kappa shape index (κ3) is 10.5. The SMILES string of the molecule is C=CCO[C@H]1[C@H](C)[C@@H](C(C)O)O[C@@H]2SC(N(C)C(=O)OC(C)(C)C)=N[C@H]12.C[C@H](O)[C@H]1O[C@@H]2SC(N(C)C(=O)OC(C)(C)C)=N[C@@H]2[C@@H](O)[C@@H]1O. The Balaban J connectivity index is 0.000000267. The van der Waals surface area contributed by atoms with Crippen LogP contribution in [0.5, 0.6) is 0 Å². The first-order chi connectivity index (χ1) is 22.6. The molecule has 17 heteroatoms. The van der Waals surface area contributed by atoms with Crippen LogP contribution in [0.3, 0.4) is 0 Å². The summed E-state index contributed by atoms with van der Waals surface area (Å²) in [6.07, 6.45) is -4.83. The maximum Gasteiger partial charge on any atom is 0.416 e. The zero-order chi connectivity index (χ0) is 37.2. The summed E-state index contributed by atoms with van der Waals surface area (Å²) in [6, 6.07) is -0.963. The molecule has 2 saturated heterocycles. The normalized spacial score (nSPS) is 33.8. The van der Waals surface area contributed by atoms with Gasteiger partial charge in [0.1, 0.15) is 52.5 Å². The van der Waals surface area contributed by atoms with Gasteiger partial charge in [0.05, 0.1) is 31.0 Å². The molecule has 12 atom stereocenters. The van der Waals surface area contributed by atoms with E-state index in [9.17, 15) is 30.0 Å². The molecule has 0 spiro atoms. The summed E-state index contributed by atoms with van der Waals surface area (Å²) in [6.45, 7) is 20.0. The van der Waals surface area contributed by atoms with Gasteiger partial charge < -0.3 is 44.1 Å². The molecule has 0 aromatic rings. The maximum absolute atomic E-state index is 12.3. The Kier molecular flexibility index (Phi) is 14.0. The van der Waals surface area contributed by atoms with Crippen molar-refractivity contribution in [2.75, 3.05) is 20.7 Å². The minimum absolute atomic E-state index is 0.0493. The molecule has 0 aliphatic carbocycles. The maximum atomic E-state index is 12.3. The molecule has 0 saturated carbocycles. The van der Waals surface area contributed by atoms with Crippen LogP contribution in [-0.4, -0.2) is 150 Å². The zero-order valence-corrected chi connectivity index (χ0v) is 31.8. The van der Waals surface area contributed by atoms with E-state index in [1.807, 2.05) is 27.7 Å². The van der Waals surface area contributed by atoms with Gasteiger partial charge in [-0.05, 0) is 55.4 Å². The second-order valence-corrected chi connectivity index (χ2v) is 16.6. The second-order valence-electron chi connectivity index (χ2n) is 14.5. The summed E-state index contributed by atoms with van der Waals surface area (Å²) < 4.78 is 28.3. The topological polar surface area (TPSA) is 192 Å². The van der Waals surface area contributed by atoms with Crippen LogP contribution < -0.4 is 0 Å². The van der Waals surface area contributed by atoms with Crippen LogP contribution in [0, 0.1) is 5.92 Å². The highest BCUT2D eigenvalue weighted by atomic mass is 32.2. The quantitative estimate of drug-likeness (QED) is 0.302. The molecule has 2 amide bonds. The number of fused-ring (bicyclic) bond motifs is 2. The van der Waals surface area contributed by atoms with Crippen molar-refractivity contribution in [3.05, 3.63) is 12.7 Å². The molecule has 0 radical (unpaired) electrons. The number of carbonyl (C=O) groups excluding carboxylic acids is 2. The van der Waals surface area contributed by atoms with E-state index in [1.54, 1.807) is 40.8 Å². The van der Waals surface area contributed by atoms with Gasteiger partial charge in [-0.3, -0.25) is 19.8 Å². The van der Waals surface area contributed by atoms with Crippen LogP contribution in [0.1, 0.15) is 62.3 Å². The minimum Gasteiger partial charge on any atom is -0.443 e. The first-order valence-electron chi connectivity index (χ1n) is 16.2. The fraction of sp³-hybridized carbons (Fsp3) is 0.812. The summed E-state index contributed by atoms with van der Waals surface area (Å²) in [4.78, 5) is 36.0. The van der Waals surface area contributed by atoms with E-state index >= 15 is 0 Å². The van der Waals surface area contributed by atoms with Crippen molar-refractivity contribution in [2.24, 2.45) is 15.9 Å². The van der Waals surface area contributed by atoms with Crippen LogP contribution in [0.2, 0.25) is 0 Å². The van der Waals surface area contributed by atoms with Crippen LogP contribution in [0.25, 0.3) is 0 Å². The molecule has 0 aromatic carbocycles. The van der Waals surface area contributed by atoms with E-state index < -0.39 is 65.4 Å². The number of nitrogens with zero attached hydrogens (tertiary/aromatic N) is 4. The first-order valence-corrected chi connectivity index (χ1v) is 18.0. The molecule has 280 valence electrons. The molecule has 15 nitrogen and oxygen atoms in total. The molecular formula is C32H54N4O11S2. The predicted molar refractivity (Wildman–Crippen MR) is 187 cm³/mol. The van der Waals surface area contributed by atoms with Crippen molar-refractivity contribution in [2.45, 2.75) is 139 Å². The highest BCUT2D eigenvalue weighted by Crippen LogP contribution is 2.42. The number of amides is 2. The average molecular weight is 735 g/mol. The lowest BCUT2D eigenvalue weighted by molar-refractivity contribution is -0.181. The molecule has 4 heterocycles. The number of ether oxygens (including phenoxy) is 5. The van der Waals surface area contributed by atoms with Gasteiger partial charge in [0, 0.05) is 20.0 Å². The fourth-order valence-corrected chi connectivity index (χ4v) is 7.74. The number of aliphatic hydroxyl groups is 4. The number of hydrogen-bond acceptors (Lipinski definition) is 15. The lowest BCUT2D eigenvalue weighted by atomic mass is 9.87. The fourth-order valence-electron chi connectivity index (χ4n) is 5.41. The molecule has 4 N–H and O–H groups in total. The van der Waals surface area contributed by atoms with E-state index in [-0.39, 0.29) is 29.6 Å². The number of amidine groups is 2. The van der Waals surface area contributed by atoms with Crippen LogP contribution in [0.15, 0.2) is 22.6 Å². The number of hydrogen-bond donors (Lipinski definition) is 4. The highest BCUT2D eigenvalue weighted by molar-refractivity contribution is 8.14. The van der Waals surface area contributed by atoms with Crippen molar-refractivity contribution in [3.63, 3.8) is 0 Å². The molecule has 0 bridgehead atoms. The Morgan fingerprint density at radius 3 is 1.71 bits per heavy atom. The number of carbonyl (C=O) groups is 2. The van der Waals surface area contributed by atoms with Gasteiger partial charge in [-0.2, -0.15) is 0 Å². The van der Waals surface area contributed by atoms with Gasteiger partial charge in [0.15, 0.2) is 10.3 Å². The van der Waals surface area contributed by atoms with Crippen molar-refractivity contribution >= 4 is 46.0 Å². The van der Waals surface area contributed by atoms with E-state index in [4.69, 9.17) is 23.7 Å². The van der Waals surface area contributed by atoms with E-state index in [1.165, 1.54) is 35.5 Å². The monoisotopic (exact) mass is 734 g/mol. The molecule has 4 aliphatic rings. The minimum atomic E-state index is -1.24. The van der Waals surface area contributed by atoms with Crippen molar-refractivity contribution in [1.29, 1.82) is 0 Å². The highest BCUT2D eigenvalue weighted by Gasteiger charge is 2.51. The first kappa shape index (κ1) is 41.5. The van der Waals surface area contributed by atoms with Crippen LogP contribution >= 0.6 is 23.5 Å². The largest absolute Gasteiger partial charge is 0.443 e. The molecule has 2 fully saturated rings. The lowest BCUT2D eigenvalue weighted by Crippen LogP contribution is -2.57. The smallest absolute Gasteiger partial charge is 0.416 e. The van der Waals surface area contributed by atoms with E-state index in [2.05, 4.69) is 16.6 Å². The van der Waals surface area contributed by atoms with Crippen molar-refractivity contribution in [1.82, 2.24) is 9.80 Å². The summed E-state index contributed by atoms with van der Waals surface area (Å²) in [5, 5.41) is 40.8. The molecule has 4 rings (SSSR count). The predicted octanol–water partition coefficient (Wildman–Crippen LogP) is 2.79. The van der Waals surface area contributed by atoms with Crippen molar-refractivity contribution in [3.8, 4) is 0 Å². The van der Waals surface area contributed by atoms with Gasteiger partial charge in [-0.15, -0.1) is 6.58 Å². The van der Waals surface area contributed by atoms with Crippen LogP contribution in [0.4, 0.5) is 9.59 Å². The van der Waals surface area contributed by atoms with Gasteiger partial charge in [0.2, 0.25) is 0 Å². The Bertz CT molecular complexity index is 1240. The number of rotatable bonds is 5. The third-order valence-corrected chi connectivity index (χ3v) is 10.2. The van der Waals surface area contributed by atoms with Crippen LogP contribution in [-0.2, 0) is 23.7 Å².